The van der Waals surface area contributed by atoms with E-state index in [1.807, 2.05) is 0 Å². The van der Waals surface area contributed by atoms with Gasteiger partial charge in [-0.15, -0.1) is 0 Å². The van der Waals surface area contributed by atoms with E-state index in [4.69, 9.17) is 0 Å². The molecule has 0 aliphatic heterocycles. The van der Waals surface area contributed by atoms with E-state index in [1.165, 1.54) is 18.2 Å². The molecule has 0 unspecified atom stereocenters. The summed E-state index contributed by atoms with van der Waals surface area (Å²) in [5.41, 5.74) is 2.80. The van der Waals surface area contributed by atoms with Gasteiger partial charge >= 0.3 is 0 Å². The fraction of sp³-hybridized carbons (Fsp3) is 0.250. The van der Waals surface area contributed by atoms with Crippen LogP contribution in [0.15, 0.2) is 34.1 Å². The Morgan fingerprint density at radius 1 is 0.810 bits per heavy atom. The number of rotatable bonds is 2. The number of benzene rings is 2. The zero-order valence-electron chi connectivity index (χ0n) is 12.4. The van der Waals surface area contributed by atoms with Crippen LogP contribution in [0.5, 0.6) is 11.5 Å². The van der Waals surface area contributed by atoms with Crippen molar-refractivity contribution in [2.45, 2.75) is 37.5 Å². The number of phenolic OH excluding ortho intramolecular Hbond substituents is 2. The molecule has 0 saturated heterocycles. The summed E-state index contributed by atoms with van der Waals surface area (Å²) < 4.78 is 25.6. The fourth-order valence-electron chi connectivity index (χ4n) is 2.21. The van der Waals surface area contributed by atoms with Crippen LogP contribution in [0.2, 0.25) is 0 Å². The van der Waals surface area contributed by atoms with Crippen molar-refractivity contribution in [1.29, 1.82) is 0 Å². The summed E-state index contributed by atoms with van der Waals surface area (Å²) in [4.78, 5) is -0.337. The van der Waals surface area contributed by atoms with Crippen LogP contribution >= 0.6 is 0 Å². The van der Waals surface area contributed by atoms with Crippen LogP contribution < -0.4 is 0 Å². The van der Waals surface area contributed by atoms with Gasteiger partial charge in [-0.2, -0.15) is 0 Å². The Hall–Kier alpha value is -2.01. The molecule has 0 saturated carbocycles. The zero-order chi connectivity index (χ0) is 15.9. The third-order valence-corrected chi connectivity index (χ3v) is 5.75. The minimum atomic E-state index is -3.99. The van der Waals surface area contributed by atoms with Crippen LogP contribution in [0.1, 0.15) is 22.3 Å². The van der Waals surface area contributed by atoms with Crippen molar-refractivity contribution in [1.82, 2.24) is 0 Å². The number of hydrogen-bond acceptors (Lipinski definition) is 4. The molecule has 0 amide bonds. The third-order valence-electron chi connectivity index (χ3n) is 3.79. The van der Waals surface area contributed by atoms with Gasteiger partial charge in [0.05, 0.1) is 0 Å². The van der Waals surface area contributed by atoms with Gasteiger partial charge in [0.15, 0.2) is 0 Å². The maximum absolute atomic E-state index is 12.8. The van der Waals surface area contributed by atoms with E-state index in [9.17, 15) is 18.6 Å². The topological polar surface area (TPSA) is 74.6 Å². The van der Waals surface area contributed by atoms with Gasteiger partial charge in [-0.3, -0.25) is 0 Å². The average molecular weight is 306 g/mol. The SMILES string of the molecule is Cc1cc(O)c(S(=O)(=O)c2c(O)ccc(C)c2C)cc1C. The van der Waals surface area contributed by atoms with Crippen molar-refractivity contribution >= 4 is 9.84 Å². The highest BCUT2D eigenvalue weighted by atomic mass is 32.2. The molecule has 4 nitrogen and oxygen atoms in total. The summed E-state index contributed by atoms with van der Waals surface area (Å²) in [6.45, 7) is 6.98. The highest BCUT2D eigenvalue weighted by Crippen LogP contribution is 2.37. The second kappa shape index (κ2) is 5.07. The number of sulfone groups is 1. The predicted octanol–water partition coefficient (Wildman–Crippen LogP) is 3.16. The third kappa shape index (κ3) is 2.49. The maximum atomic E-state index is 12.8. The van der Waals surface area contributed by atoms with Crippen LogP contribution in [0.4, 0.5) is 0 Å². The lowest BCUT2D eigenvalue weighted by molar-refractivity contribution is 0.451. The zero-order valence-corrected chi connectivity index (χ0v) is 13.2. The molecule has 0 heterocycles. The van der Waals surface area contributed by atoms with Crippen molar-refractivity contribution in [3.8, 4) is 11.5 Å². The molecule has 0 aliphatic rings. The Morgan fingerprint density at radius 2 is 1.38 bits per heavy atom. The normalized spacial score (nSPS) is 11.6. The lowest BCUT2D eigenvalue weighted by Crippen LogP contribution is -2.07. The molecule has 0 aromatic heterocycles. The van der Waals surface area contributed by atoms with Crippen molar-refractivity contribution in [2.75, 3.05) is 0 Å². The molecular formula is C16H18O4S. The lowest BCUT2D eigenvalue weighted by atomic mass is 10.1. The van der Waals surface area contributed by atoms with Crippen molar-refractivity contribution in [2.24, 2.45) is 0 Å². The Balaban J connectivity index is 2.81. The molecule has 2 rings (SSSR count). The monoisotopic (exact) mass is 306 g/mol. The van der Waals surface area contributed by atoms with Gasteiger partial charge in [-0.1, -0.05) is 6.07 Å². The highest BCUT2D eigenvalue weighted by Gasteiger charge is 2.27. The number of aryl methyl sites for hydroxylation is 3. The van der Waals surface area contributed by atoms with Crippen molar-refractivity contribution < 1.29 is 18.6 Å². The van der Waals surface area contributed by atoms with Gasteiger partial charge in [0.2, 0.25) is 9.84 Å². The van der Waals surface area contributed by atoms with Crippen LogP contribution in [-0.4, -0.2) is 18.6 Å². The predicted molar refractivity (Wildman–Crippen MR) is 80.6 cm³/mol. The smallest absolute Gasteiger partial charge is 0.214 e. The molecule has 2 aromatic carbocycles. The van der Waals surface area contributed by atoms with Gasteiger partial charge in [-0.25, -0.2) is 8.42 Å². The Bertz CT molecular complexity index is 821. The second-order valence-corrected chi connectivity index (χ2v) is 7.12. The molecule has 0 spiro atoms. The quantitative estimate of drug-likeness (QED) is 0.893. The average Bonchev–Trinajstić information content (AvgIpc) is 2.38. The first-order valence-corrected chi connectivity index (χ1v) is 7.99. The molecule has 0 aliphatic carbocycles. The maximum Gasteiger partial charge on any atom is 0.214 e. The highest BCUT2D eigenvalue weighted by molar-refractivity contribution is 7.91. The van der Waals surface area contributed by atoms with Crippen LogP contribution in [0.25, 0.3) is 0 Å². The minimum absolute atomic E-state index is 0.152. The molecule has 5 heteroatoms. The van der Waals surface area contributed by atoms with Gasteiger partial charge in [0.25, 0.3) is 0 Å². The van der Waals surface area contributed by atoms with Crippen LogP contribution in [0, 0.1) is 27.7 Å². The van der Waals surface area contributed by atoms with Gasteiger partial charge < -0.3 is 10.2 Å². The molecule has 0 atom stereocenters. The number of aromatic hydroxyl groups is 2. The molecule has 21 heavy (non-hydrogen) atoms. The first-order chi connectivity index (χ1) is 9.66. The number of hydrogen-bond donors (Lipinski definition) is 2. The summed E-state index contributed by atoms with van der Waals surface area (Å²) in [7, 11) is -3.99. The van der Waals surface area contributed by atoms with E-state index in [0.717, 1.165) is 16.7 Å². The summed E-state index contributed by atoms with van der Waals surface area (Å²) >= 11 is 0. The second-order valence-electron chi connectivity index (χ2n) is 5.26. The first-order valence-electron chi connectivity index (χ1n) is 6.50. The Kier molecular flexibility index (Phi) is 3.72. The largest absolute Gasteiger partial charge is 0.507 e. The molecule has 112 valence electrons. The standard InChI is InChI=1S/C16H18O4S/c1-9-5-6-13(17)16(12(9)4)21(19,20)15-8-11(3)10(2)7-14(15)18/h5-8,17-18H,1-4H3. The minimum Gasteiger partial charge on any atom is -0.507 e. The van der Waals surface area contributed by atoms with Gasteiger partial charge in [-0.05, 0) is 68.1 Å². The van der Waals surface area contributed by atoms with E-state index in [1.54, 1.807) is 33.8 Å². The number of phenols is 2. The van der Waals surface area contributed by atoms with E-state index < -0.39 is 9.84 Å². The summed E-state index contributed by atoms with van der Waals surface area (Å²) in [5, 5.41) is 20.0. The molecule has 0 radical (unpaired) electrons. The van der Waals surface area contributed by atoms with E-state index in [0.29, 0.717) is 5.56 Å². The van der Waals surface area contributed by atoms with Gasteiger partial charge in [0.1, 0.15) is 21.3 Å². The molecule has 2 aromatic rings. The lowest BCUT2D eigenvalue weighted by Gasteiger charge is -2.14. The molecule has 0 bridgehead atoms. The molecule has 2 N–H and O–H groups in total. The van der Waals surface area contributed by atoms with Crippen LogP contribution in [-0.2, 0) is 9.84 Å². The summed E-state index contributed by atoms with van der Waals surface area (Å²) in [6.07, 6.45) is 0. The van der Waals surface area contributed by atoms with Gasteiger partial charge in [0, 0.05) is 0 Å². The fourth-order valence-corrected chi connectivity index (χ4v) is 4.01. The first kappa shape index (κ1) is 15.4. The Morgan fingerprint density at radius 3 is 2.00 bits per heavy atom. The van der Waals surface area contributed by atoms with Crippen LogP contribution in [0.3, 0.4) is 0 Å². The van der Waals surface area contributed by atoms with Crippen molar-refractivity contribution in [3.63, 3.8) is 0 Å². The van der Waals surface area contributed by atoms with Crippen molar-refractivity contribution in [3.05, 3.63) is 46.5 Å². The van der Waals surface area contributed by atoms with E-state index in [2.05, 4.69) is 0 Å². The molecule has 0 fully saturated rings. The van der Waals surface area contributed by atoms with E-state index >= 15 is 0 Å². The van der Waals surface area contributed by atoms with E-state index in [-0.39, 0.29) is 21.3 Å². The Labute approximate surface area is 124 Å². The summed E-state index contributed by atoms with van der Waals surface area (Å²) in [5.74, 6) is -0.617. The summed E-state index contributed by atoms with van der Waals surface area (Å²) in [6, 6.07) is 5.86. The molecular weight excluding hydrogens is 288 g/mol.